The Bertz CT molecular complexity index is 562. The summed E-state index contributed by atoms with van der Waals surface area (Å²) in [5.41, 5.74) is 7.06. The van der Waals surface area contributed by atoms with Crippen molar-refractivity contribution in [3.8, 4) is 11.8 Å². The number of nitrogens with two attached hydrogens (primary N) is 1. The molecule has 5 nitrogen and oxygen atoms in total. The largest absolute Gasteiger partial charge is 0.383 e. The number of anilines is 1. The third kappa shape index (κ3) is 1.65. The first-order valence-corrected chi connectivity index (χ1v) is 4.33. The highest BCUT2D eigenvalue weighted by molar-refractivity contribution is 5.91. The zero-order chi connectivity index (χ0) is 10.7. The Labute approximate surface area is 85.7 Å². The number of hydrogen-bond acceptors (Lipinski definition) is 4. The van der Waals surface area contributed by atoms with Gasteiger partial charge in [-0.15, -0.1) is 0 Å². The van der Waals surface area contributed by atoms with E-state index in [2.05, 4.69) is 26.8 Å². The van der Waals surface area contributed by atoms with Crippen molar-refractivity contribution in [2.24, 2.45) is 0 Å². The smallest absolute Gasteiger partial charge is 0.144 e. The quantitative estimate of drug-likeness (QED) is 0.518. The second-order valence-electron chi connectivity index (χ2n) is 2.86. The molecule has 3 N–H and O–H groups in total. The fraction of sp³-hybridized carbons (Fsp3) is 0.100. The molecule has 0 aliphatic rings. The number of nitrogen functional groups attached to an aromatic ring is 1. The number of nitrogens with zero attached hydrogens (tertiary/aromatic N) is 2. The Balaban J connectivity index is 2.54. The van der Waals surface area contributed by atoms with Crippen LogP contribution in [0.2, 0.25) is 0 Å². The van der Waals surface area contributed by atoms with E-state index in [0.29, 0.717) is 22.4 Å². The van der Waals surface area contributed by atoms with Gasteiger partial charge in [0.05, 0.1) is 17.4 Å². The number of nitrogens with one attached hydrogen (secondary N) is 1. The number of fused-ring (bicyclic) bond motifs is 1. The zero-order valence-corrected chi connectivity index (χ0v) is 7.82. The van der Waals surface area contributed by atoms with Crippen LogP contribution in [0.1, 0.15) is 12.0 Å². The molecule has 2 rings (SSSR count). The molecular weight excluding hydrogens is 192 g/mol. The summed E-state index contributed by atoms with van der Waals surface area (Å²) in [4.78, 5) is 20.9. The van der Waals surface area contributed by atoms with Crippen LogP contribution in [-0.2, 0) is 4.79 Å². The van der Waals surface area contributed by atoms with E-state index in [0.717, 1.165) is 6.29 Å². The van der Waals surface area contributed by atoms with E-state index in [4.69, 9.17) is 5.73 Å². The minimum absolute atomic E-state index is 0.209. The molecule has 0 saturated carbocycles. The molecule has 0 bridgehead atoms. The minimum atomic E-state index is 0.209. The predicted molar refractivity (Wildman–Crippen MR) is 55.9 cm³/mol. The van der Waals surface area contributed by atoms with Crippen molar-refractivity contribution in [1.82, 2.24) is 15.0 Å². The van der Waals surface area contributed by atoms with Crippen molar-refractivity contribution in [3.63, 3.8) is 0 Å². The lowest BCUT2D eigenvalue weighted by Crippen LogP contribution is -1.92. The van der Waals surface area contributed by atoms with Gasteiger partial charge in [0.25, 0.3) is 0 Å². The van der Waals surface area contributed by atoms with E-state index in [1.165, 1.54) is 6.33 Å². The standard InChI is InChI=1S/C10H8N4O/c11-9-8-7(3-1-2-4-15)5-12-10(8)14-6-13-9/h4-6H,2H2,(H3,11,12,13,14). The third-order valence-corrected chi connectivity index (χ3v) is 1.91. The van der Waals surface area contributed by atoms with Crippen molar-refractivity contribution in [2.45, 2.75) is 6.42 Å². The molecule has 2 aromatic heterocycles. The number of H-pyrrole nitrogens is 1. The van der Waals surface area contributed by atoms with E-state index >= 15 is 0 Å². The Hall–Kier alpha value is -2.35. The highest BCUT2D eigenvalue weighted by Crippen LogP contribution is 2.19. The van der Waals surface area contributed by atoms with E-state index in [1.54, 1.807) is 6.20 Å². The maximum atomic E-state index is 10.1. The normalized spacial score (nSPS) is 9.60. The number of aromatic amines is 1. The monoisotopic (exact) mass is 200 g/mol. The summed E-state index contributed by atoms with van der Waals surface area (Å²) in [6.45, 7) is 0. The molecule has 0 aliphatic carbocycles. The lowest BCUT2D eigenvalue weighted by atomic mass is 10.2. The van der Waals surface area contributed by atoms with Crippen LogP contribution in [0.3, 0.4) is 0 Å². The minimum Gasteiger partial charge on any atom is -0.383 e. The Kier molecular flexibility index (Phi) is 2.33. The van der Waals surface area contributed by atoms with E-state index in [9.17, 15) is 4.79 Å². The number of carbonyl (C=O) groups is 1. The molecule has 0 aliphatic heterocycles. The van der Waals surface area contributed by atoms with E-state index < -0.39 is 0 Å². The highest BCUT2D eigenvalue weighted by atomic mass is 16.1. The predicted octanol–water partition coefficient (Wildman–Crippen LogP) is 0.481. The summed E-state index contributed by atoms with van der Waals surface area (Å²) >= 11 is 0. The summed E-state index contributed by atoms with van der Waals surface area (Å²) in [5, 5.41) is 0.705. The highest BCUT2D eigenvalue weighted by Gasteiger charge is 2.05. The van der Waals surface area contributed by atoms with Crippen molar-refractivity contribution in [3.05, 3.63) is 18.1 Å². The summed E-state index contributed by atoms with van der Waals surface area (Å²) < 4.78 is 0. The second-order valence-corrected chi connectivity index (χ2v) is 2.86. The Morgan fingerprint density at radius 1 is 1.53 bits per heavy atom. The third-order valence-electron chi connectivity index (χ3n) is 1.91. The van der Waals surface area contributed by atoms with Crippen LogP contribution in [0.4, 0.5) is 5.82 Å². The van der Waals surface area contributed by atoms with Crippen molar-refractivity contribution < 1.29 is 4.79 Å². The second kappa shape index (κ2) is 3.80. The zero-order valence-electron chi connectivity index (χ0n) is 7.82. The van der Waals surface area contributed by atoms with Gasteiger partial charge in [-0.05, 0) is 0 Å². The van der Waals surface area contributed by atoms with Gasteiger partial charge in [0.1, 0.15) is 24.1 Å². The molecule has 2 aromatic rings. The number of rotatable bonds is 1. The first kappa shape index (κ1) is 9.21. The first-order chi connectivity index (χ1) is 7.33. The fourth-order valence-corrected chi connectivity index (χ4v) is 1.27. The molecule has 0 unspecified atom stereocenters. The van der Waals surface area contributed by atoms with Crippen LogP contribution < -0.4 is 5.73 Å². The molecular formula is C10H8N4O. The molecule has 0 amide bonds. The SMILES string of the molecule is Nc1ncnc2[nH]cc(C#CCC=O)c12. The molecule has 74 valence electrons. The Morgan fingerprint density at radius 2 is 2.40 bits per heavy atom. The van der Waals surface area contributed by atoms with E-state index in [-0.39, 0.29) is 6.42 Å². The van der Waals surface area contributed by atoms with Gasteiger partial charge in [-0.25, -0.2) is 9.97 Å². The average Bonchev–Trinajstić information content (AvgIpc) is 2.63. The molecule has 0 saturated heterocycles. The molecule has 0 fully saturated rings. The molecule has 0 aromatic carbocycles. The van der Waals surface area contributed by atoms with Crippen molar-refractivity contribution in [1.29, 1.82) is 0 Å². The maximum absolute atomic E-state index is 10.1. The van der Waals surface area contributed by atoms with Gasteiger partial charge in [0.2, 0.25) is 0 Å². The maximum Gasteiger partial charge on any atom is 0.144 e. The van der Waals surface area contributed by atoms with Gasteiger partial charge >= 0.3 is 0 Å². The average molecular weight is 200 g/mol. The Morgan fingerprint density at radius 3 is 3.20 bits per heavy atom. The molecule has 15 heavy (non-hydrogen) atoms. The topological polar surface area (TPSA) is 84.7 Å². The van der Waals surface area contributed by atoms with Crippen molar-refractivity contribution >= 4 is 23.1 Å². The molecule has 0 spiro atoms. The summed E-state index contributed by atoms with van der Waals surface area (Å²) in [6, 6.07) is 0. The first-order valence-electron chi connectivity index (χ1n) is 4.33. The number of aromatic nitrogens is 3. The summed E-state index contributed by atoms with van der Waals surface area (Å²) in [6.07, 6.45) is 4.05. The number of hydrogen-bond donors (Lipinski definition) is 2. The van der Waals surface area contributed by atoms with Crippen molar-refractivity contribution in [2.75, 3.05) is 5.73 Å². The van der Waals surface area contributed by atoms with Crippen LogP contribution in [0.15, 0.2) is 12.5 Å². The molecule has 2 heterocycles. The number of carbonyl (C=O) groups excluding carboxylic acids is 1. The van der Waals surface area contributed by atoms with Crippen LogP contribution in [-0.4, -0.2) is 21.2 Å². The van der Waals surface area contributed by atoms with Crippen LogP contribution >= 0.6 is 0 Å². The summed E-state index contributed by atoms with van der Waals surface area (Å²) in [7, 11) is 0. The van der Waals surface area contributed by atoms with E-state index in [1.807, 2.05) is 0 Å². The number of aldehydes is 1. The fourth-order valence-electron chi connectivity index (χ4n) is 1.27. The molecule has 0 radical (unpaired) electrons. The van der Waals surface area contributed by atoms with Crippen LogP contribution in [0.25, 0.3) is 11.0 Å². The lowest BCUT2D eigenvalue weighted by molar-refractivity contribution is -0.107. The summed E-state index contributed by atoms with van der Waals surface area (Å²) in [5.74, 6) is 5.93. The van der Waals surface area contributed by atoms with Crippen LogP contribution in [0.5, 0.6) is 0 Å². The van der Waals surface area contributed by atoms with Gasteiger partial charge in [-0.3, -0.25) is 0 Å². The van der Waals surface area contributed by atoms with Crippen LogP contribution in [0, 0.1) is 11.8 Å². The van der Waals surface area contributed by atoms with Gasteiger partial charge in [0, 0.05) is 6.20 Å². The molecule has 0 atom stereocenters. The van der Waals surface area contributed by atoms with Gasteiger partial charge in [0.15, 0.2) is 0 Å². The van der Waals surface area contributed by atoms with Gasteiger partial charge in [-0.1, -0.05) is 11.8 Å². The lowest BCUT2D eigenvalue weighted by Gasteiger charge is -1.93. The molecule has 5 heteroatoms. The van der Waals surface area contributed by atoms with Gasteiger partial charge in [-0.2, -0.15) is 0 Å². The van der Waals surface area contributed by atoms with Gasteiger partial charge < -0.3 is 15.5 Å².